The molecule has 1 aliphatic carbocycles. The Balaban J connectivity index is 1.76. The first-order valence-corrected chi connectivity index (χ1v) is 7.85. The normalized spacial score (nSPS) is 22.0. The van der Waals surface area contributed by atoms with Crippen LogP contribution in [-0.2, 0) is 12.8 Å². The first-order chi connectivity index (χ1) is 10.1. The lowest BCUT2D eigenvalue weighted by molar-refractivity contribution is 0.0697. The molecule has 0 radical (unpaired) electrons. The van der Waals surface area contributed by atoms with Crippen molar-refractivity contribution in [3.8, 4) is 0 Å². The summed E-state index contributed by atoms with van der Waals surface area (Å²) in [7, 11) is 2.14. The van der Waals surface area contributed by atoms with Gasteiger partial charge in [-0.1, -0.05) is 6.42 Å². The highest BCUT2D eigenvalue weighted by atomic mass is 16.4. The van der Waals surface area contributed by atoms with E-state index in [-0.39, 0.29) is 0 Å². The molecule has 1 aliphatic heterocycles. The number of aryl methyl sites for hydroxylation is 2. The van der Waals surface area contributed by atoms with Gasteiger partial charge in [-0.3, -0.25) is 0 Å². The largest absolute Gasteiger partial charge is 0.478 e. The van der Waals surface area contributed by atoms with Crippen LogP contribution in [0.2, 0.25) is 0 Å². The van der Waals surface area contributed by atoms with Crippen molar-refractivity contribution in [3.63, 3.8) is 0 Å². The van der Waals surface area contributed by atoms with Crippen LogP contribution in [0.5, 0.6) is 0 Å². The van der Waals surface area contributed by atoms with Crippen LogP contribution in [-0.4, -0.2) is 47.1 Å². The number of carboxylic acid groups (broad SMARTS) is 1. The molecule has 5 heteroatoms. The zero-order chi connectivity index (χ0) is 14.8. The number of hydrogen-bond acceptors (Lipinski definition) is 4. The number of nitrogens with one attached hydrogen (secondary N) is 1. The summed E-state index contributed by atoms with van der Waals surface area (Å²) in [6.07, 6.45) is 6.67. The molecule has 0 saturated carbocycles. The molecular weight excluding hydrogens is 266 g/mol. The van der Waals surface area contributed by atoms with Crippen molar-refractivity contribution in [2.24, 2.45) is 0 Å². The van der Waals surface area contributed by atoms with Crippen LogP contribution in [0.1, 0.15) is 47.3 Å². The second kappa shape index (κ2) is 6.02. The van der Waals surface area contributed by atoms with Crippen LogP contribution in [0.15, 0.2) is 6.07 Å². The molecule has 1 saturated heterocycles. The predicted octanol–water partition coefficient (Wildman–Crippen LogP) is 2.16. The van der Waals surface area contributed by atoms with Crippen LogP contribution in [0.3, 0.4) is 0 Å². The molecule has 1 atom stereocenters. The lowest BCUT2D eigenvalue weighted by Gasteiger charge is -2.32. The zero-order valence-corrected chi connectivity index (χ0v) is 12.6. The summed E-state index contributed by atoms with van der Waals surface area (Å²) in [5.41, 5.74) is 2.49. The van der Waals surface area contributed by atoms with E-state index in [1.165, 1.54) is 12.8 Å². The number of likely N-dealkylation sites (tertiary alicyclic amines) is 1. The van der Waals surface area contributed by atoms with Crippen molar-refractivity contribution in [1.29, 1.82) is 0 Å². The van der Waals surface area contributed by atoms with E-state index in [4.69, 9.17) is 0 Å². The van der Waals surface area contributed by atoms with Crippen molar-refractivity contribution in [3.05, 3.63) is 22.9 Å². The summed E-state index contributed by atoms with van der Waals surface area (Å²) in [6.45, 7) is 1.89. The zero-order valence-electron chi connectivity index (χ0n) is 12.6. The van der Waals surface area contributed by atoms with Crippen LogP contribution in [0, 0.1) is 0 Å². The molecule has 0 bridgehead atoms. The maximum Gasteiger partial charge on any atom is 0.339 e. The van der Waals surface area contributed by atoms with Gasteiger partial charge in [-0.2, -0.15) is 0 Å². The molecule has 1 fully saturated rings. The first kappa shape index (κ1) is 14.3. The van der Waals surface area contributed by atoms with Gasteiger partial charge in [0.05, 0.1) is 0 Å². The molecule has 0 aromatic carbocycles. The Morgan fingerprint density at radius 2 is 2.29 bits per heavy atom. The van der Waals surface area contributed by atoms with Gasteiger partial charge in [0, 0.05) is 18.3 Å². The topological polar surface area (TPSA) is 65.5 Å². The Bertz CT molecular complexity index is 545. The van der Waals surface area contributed by atoms with E-state index in [0.29, 0.717) is 17.4 Å². The van der Waals surface area contributed by atoms with Gasteiger partial charge in [0.15, 0.2) is 0 Å². The van der Waals surface area contributed by atoms with Gasteiger partial charge in [-0.15, -0.1) is 0 Å². The molecular formula is C16H23N3O2. The number of pyridine rings is 1. The first-order valence-electron chi connectivity index (χ1n) is 7.85. The molecule has 2 aliphatic rings. The molecule has 0 spiro atoms. The quantitative estimate of drug-likeness (QED) is 0.889. The fourth-order valence-electron chi connectivity index (χ4n) is 3.39. The van der Waals surface area contributed by atoms with Crippen molar-refractivity contribution in [2.45, 2.75) is 44.6 Å². The van der Waals surface area contributed by atoms with Crippen LogP contribution in [0.25, 0.3) is 0 Å². The molecule has 1 aromatic rings. The summed E-state index contributed by atoms with van der Waals surface area (Å²) in [4.78, 5) is 18.4. The number of likely N-dealkylation sites (N-methyl/N-ethyl adjacent to an activating group) is 1. The van der Waals surface area contributed by atoms with Gasteiger partial charge >= 0.3 is 5.97 Å². The second-order valence-corrected chi connectivity index (χ2v) is 6.16. The van der Waals surface area contributed by atoms with Gasteiger partial charge in [0.2, 0.25) is 0 Å². The van der Waals surface area contributed by atoms with Crippen LogP contribution >= 0.6 is 0 Å². The molecule has 2 N–H and O–H groups in total. The highest BCUT2D eigenvalue weighted by Crippen LogP contribution is 2.26. The maximum absolute atomic E-state index is 11.4. The van der Waals surface area contributed by atoms with E-state index < -0.39 is 5.97 Å². The van der Waals surface area contributed by atoms with Crippen molar-refractivity contribution in [1.82, 2.24) is 9.88 Å². The number of rotatable bonds is 4. The van der Waals surface area contributed by atoms with E-state index >= 15 is 0 Å². The van der Waals surface area contributed by atoms with E-state index in [0.717, 1.165) is 50.0 Å². The fraction of sp³-hybridized carbons (Fsp3) is 0.625. The van der Waals surface area contributed by atoms with Crippen molar-refractivity contribution >= 4 is 11.8 Å². The third kappa shape index (κ3) is 3.02. The minimum Gasteiger partial charge on any atom is -0.478 e. The molecule has 21 heavy (non-hydrogen) atoms. The van der Waals surface area contributed by atoms with Gasteiger partial charge in [-0.05, 0) is 57.3 Å². The van der Waals surface area contributed by atoms with E-state index in [2.05, 4.69) is 22.2 Å². The predicted molar refractivity (Wildman–Crippen MR) is 82.0 cm³/mol. The number of nitrogens with zero attached hydrogens (tertiary/aromatic N) is 2. The number of piperidine rings is 1. The highest BCUT2D eigenvalue weighted by Gasteiger charge is 2.22. The van der Waals surface area contributed by atoms with Crippen LogP contribution < -0.4 is 5.32 Å². The van der Waals surface area contributed by atoms with Gasteiger partial charge in [0.25, 0.3) is 0 Å². The molecule has 0 amide bonds. The van der Waals surface area contributed by atoms with Gasteiger partial charge < -0.3 is 15.3 Å². The average Bonchev–Trinajstić information content (AvgIpc) is 2.92. The molecule has 3 rings (SSSR count). The molecule has 2 heterocycles. The summed E-state index contributed by atoms with van der Waals surface area (Å²) in [5.74, 6) is -0.348. The average molecular weight is 289 g/mol. The smallest absolute Gasteiger partial charge is 0.339 e. The lowest BCUT2D eigenvalue weighted by atomic mass is 10.0. The number of carbonyl (C=O) groups is 1. The number of aromatic carboxylic acids is 1. The van der Waals surface area contributed by atoms with E-state index in [9.17, 15) is 9.90 Å². The molecule has 1 unspecified atom stereocenters. The standard InChI is InChI=1S/C16H23N3O2/c1-19-8-3-2-6-12(19)10-17-15-13(16(20)21)9-11-5-4-7-14(11)18-15/h9,12H,2-8,10H2,1H3,(H,17,18)(H,20,21). The Hall–Kier alpha value is -1.62. The Labute approximate surface area is 125 Å². The fourth-order valence-corrected chi connectivity index (χ4v) is 3.39. The number of fused-ring (bicyclic) bond motifs is 1. The lowest BCUT2D eigenvalue weighted by Crippen LogP contribution is -2.41. The second-order valence-electron chi connectivity index (χ2n) is 6.16. The third-order valence-electron chi connectivity index (χ3n) is 4.71. The van der Waals surface area contributed by atoms with Gasteiger partial charge in [-0.25, -0.2) is 9.78 Å². The highest BCUT2D eigenvalue weighted by molar-refractivity contribution is 5.93. The molecule has 1 aromatic heterocycles. The molecule has 114 valence electrons. The maximum atomic E-state index is 11.4. The van der Waals surface area contributed by atoms with E-state index in [1.54, 1.807) is 0 Å². The number of aromatic nitrogens is 1. The van der Waals surface area contributed by atoms with Crippen molar-refractivity contribution < 1.29 is 9.90 Å². The minimum absolute atomic E-state index is 0.314. The molecule has 5 nitrogen and oxygen atoms in total. The Morgan fingerprint density at radius 1 is 1.43 bits per heavy atom. The SMILES string of the molecule is CN1CCCCC1CNc1nc2c(cc1C(=O)O)CCC2. The summed E-state index contributed by atoms with van der Waals surface area (Å²) in [6, 6.07) is 2.28. The Kier molecular flexibility index (Phi) is 4.10. The van der Waals surface area contributed by atoms with Gasteiger partial charge in [0.1, 0.15) is 11.4 Å². The minimum atomic E-state index is -0.892. The monoisotopic (exact) mass is 289 g/mol. The summed E-state index contributed by atoms with van der Waals surface area (Å²) < 4.78 is 0. The Morgan fingerprint density at radius 3 is 3.05 bits per heavy atom. The van der Waals surface area contributed by atoms with E-state index in [1.807, 2.05) is 6.07 Å². The number of anilines is 1. The van der Waals surface area contributed by atoms with Crippen LogP contribution in [0.4, 0.5) is 5.82 Å². The van der Waals surface area contributed by atoms with Crippen molar-refractivity contribution in [2.75, 3.05) is 25.5 Å². The number of hydrogen-bond donors (Lipinski definition) is 2. The summed E-state index contributed by atoms with van der Waals surface area (Å²) in [5, 5.41) is 12.7. The number of carboxylic acids is 1. The third-order valence-corrected chi connectivity index (χ3v) is 4.71. The summed E-state index contributed by atoms with van der Waals surface area (Å²) >= 11 is 0.